The van der Waals surface area contributed by atoms with E-state index in [1.807, 2.05) is 18.3 Å². The third-order valence-electron chi connectivity index (χ3n) is 6.15. The third-order valence-corrected chi connectivity index (χ3v) is 6.15. The van der Waals surface area contributed by atoms with Crippen LogP contribution in [-0.2, 0) is 11.3 Å². The molecule has 0 unspecified atom stereocenters. The van der Waals surface area contributed by atoms with Crippen LogP contribution in [0.1, 0.15) is 5.56 Å². The topological polar surface area (TPSA) is 62.6 Å². The van der Waals surface area contributed by atoms with Crippen LogP contribution in [0.5, 0.6) is 0 Å². The van der Waals surface area contributed by atoms with Crippen molar-refractivity contribution < 1.29 is 4.74 Å². The van der Waals surface area contributed by atoms with Crippen molar-refractivity contribution in [2.75, 3.05) is 26.3 Å². The number of H-pyrrole nitrogens is 1. The van der Waals surface area contributed by atoms with Gasteiger partial charge in [0.2, 0.25) is 0 Å². The zero-order chi connectivity index (χ0) is 20.8. The van der Waals surface area contributed by atoms with Gasteiger partial charge in [-0.3, -0.25) is 4.90 Å². The van der Waals surface area contributed by atoms with Gasteiger partial charge in [-0.05, 0) is 39.4 Å². The van der Waals surface area contributed by atoms with E-state index >= 15 is 0 Å². The van der Waals surface area contributed by atoms with Crippen molar-refractivity contribution in [1.82, 2.24) is 19.5 Å². The van der Waals surface area contributed by atoms with Gasteiger partial charge in [-0.15, -0.1) is 0 Å². The number of nitrogens with zero attached hydrogens (tertiary/aromatic N) is 3. The molecular weight excluding hydrogens is 388 g/mol. The van der Waals surface area contributed by atoms with Crippen LogP contribution >= 0.6 is 0 Å². The van der Waals surface area contributed by atoms with Crippen LogP contribution in [0, 0.1) is 0 Å². The lowest BCUT2D eigenvalue weighted by atomic mass is 9.96. The summed E-state index contributed by atoms with van der Waals surface area (Å²) in [7, 11) is 0. The number of hydrogen-bond acceptors (Lipinski definition) is 4. The fourth-order valence-corrected chi connectivity index (χ4v) is 4.50. The van der Waals surface area contributed by atoms with Crippen LogP contribution in [0.2, 0.25) is 0 Å². The van der Waals surface area contributed by atoms with Gasteiger partial charge in [-0.25, -0.2) is 14.3 Å². The zero-order valence-electron chi connectivity index (χ0n) is 17.0. The van der Waals surface area contributed by atoms with Gasteiger partial charge < -0.3 is 4.74 Å². The lowest BCUT2D eigenvalue weighted by Crippen LogP contribution is -2.35. The molecule has 0 aliphatic carbocycles. The van der Waals surface area contributed by atoms with Crippen LogP contribution in [-0.4, -0.2) is 45.8 Å². The molecule has 0 radical (unpaired) electrons. The van der Waals surface area contributed by atoms with Crippen LogP contribution in [0.3, 0.4) is 0 Å². The van der Waals surface area contributed by atoms with Crippen molar-refractivity contribution in [3.05, 3.63) is 82.9 Å². The molecule has 1 saturated heterocycles. The molecule has 1 N–H and O–H groups in total. The third kappa shape index (κ3) is 3.21. The maximum absolute atomic E-state index is 12.4. The lowest BCUT2D eigenvalue weighted by Gasteiger charge is -2.26. The highest BCUT2D eigenvalue weighted by Crippen LogP contribution is 2.33. The molecule has 1 aliphatic rings. The highest BCUT2D eigenvalue weighted by molar-refractivity contribution is 6.09. The Kier molecular flexibility index (Phi) is 4.33. The van der Waals surface area contributed by atoms with Crippen molar-refractivity contribution in [2.24, 2.45) is 0 Å². The second-order valence-corrected chi connectivity index (χ2v) is 8.10. The zero-order valence-corrected chi connectivity index (χ0v) is 17.0. The number of aromatic nitrogens is 3. The Morgan fingerprint density at radius 2 is 1.65 bits per heavy atom. The van der Waals surface area contributed by atoms with Crippen molar-refractivity contribution in [1.29, 1.82) is 0 Å². The van der Waals surface area contributed by atoms with Crippen LogP contribution in [0.25, 0.3) is 38.3 Å². The number of ether oxygens (including phenoxy) is 1. The van der Waals surface area contributed by atoms with E-state index in [1.165, 1.54) is 10.9 Å². The molecule has 1 aliphatic heterocycles. The lowest BCUT2D eigenvalue weighted by molar-refractivity contribution is 0.0342. The number of nitrogens with one attached hydrogen (secondary N) is 1. The van der Waals surface area contributed by atoms with E-state index in [2.05, 4.69) is 63.6 Å². The molecule has 6 heteroatoms. The van der Waals surface area contributed by atoms with E-state index in [0.29, 0.717) is 5.65 Å². The molecule has 1 fully saturated rings. The van der Waals surface area contributed by atoms with Crippen molar-refractivity contribution in [3.63, 3.8) is 0 Å². The summed E-state index contributed by atoms with van der Waals surface area (Å²) in [5.74, 6) is 0. The highest BCUT2D eigenvalue weighted by atomic mass is 16.5. The molecule has 3 aromatic carbocycles. The van der Waals surface area contributed by atoms with Gasteiger partial charge >= 0.3 is 5.69 Å². The average Bonchev–Trinajstić information content (AvgIpc) is 3.19. The van der Waals surface area contributed by atoms with E-state index in [0.717, 1.165) is 60.1 Å². The summed E-state index contributed by atoms with van der Waals surface area (Å²) in [5.41, 5.74) is 3.81. The SMILES string of the molecule is O=c1[nH]nc2c3cc4ccccc4cc3c(-c3ccc(CN4CCOCC4)cc3)cn12. The Morgan fingerprint density at radius 1 is 0.935 bits per heavy atom. The van der Waals surface area contributed by atoms with Crippen LogP contribution in [0.15, 0.2) is 71.7 Å². The number of rotatable bonds is 3. The molecule has 0 spiro atoms. The first-order chi connectivity index (χ1) is 15.3. The quantitative estimate of drug-likeness (QED) is 0.459. The van der Waals surface area contributed by atoms with Gasteiger partial charge in [-0.2, -0.15) is 5.10 Å². The van der Waals surface area contributed by atoms with Gasteiger partial charge in [0, 0.05) is 36.8 Å². The fraction of sp³-hybridized carbons (Fsp3) is 0.200. The normalized spacial score (nSPS) is 15.2. The summed E-state index contributed by atoms with van der Waals surface area (Å²) in [4.78, 5) is 14.8. The fourth-order valence-electron chi connectivity index (χ4n) is 4.50. The first-order valence-electron chi connectivity index (χ1n) is 10.6. The maximum Gasteiger partial charge on any atom is 0.347 e. The Labute approximate surface area is 178 Å². The Morgan fingerprint density at radius 3 is 2.39 bits per heavy atom. The van der Waals surface area contributed by atoms with Gasteiger partial charge in [0.15, 0.2) is 5.65 Å². The summed E-state index contributed by atoms with van der Waals surface area (Å²) in [5, 5.41) is 11.2. The molecule has 6 rings (SSSR count). The van der Waals surface area contributed by atoms with Crippen LogP contribution in [0.4, 0.5) is 0 Å². The minimum absolute atomic E-state index is 0.227. The van der Waals surface area contributed by atoms with Crippen molar-refractivity contribution in [2.45, 2.75) is 6.54 Å². The maximum atomic E-state index is 12.4. The molecule has 0 atom stereocenters. The molecule has 31 heavy (non-hydrogen) atoms. The summed E-state index contributed by atoms with van der Waals surface area (Å²) >= 11 is 0. The monoisotopic (exact) mass is 410 g/mol. The van der Waals surface area contributed by atoms with E-state index in [1.54, 1.807) is 4.40 Å². The summed E-state index contributed by atoms with van der Waals surface area (Å²) in [6.07, 6.45) is 1.90. The molecule has 6 nitrogen and oxygen atoms in total. The van der Waals surface area contributed by atoms with Crippen molar-refractivity contribution in [3.8, 4) is 11.1 Å². The van der Waals surface area contributed by atoms with E-state index < -0.39 is 0 Å². The second-order valence-electron chi connectivity index (χ2n) is 8.10. The van der Waals surface area contributed by atoms with E-state index in [4.69, 9.17) is 4.74 Å². The summed E-state index contributed by atoms with van der Waals surface area (Å²) < 4.78 is 7.05. The predicted molar refractivity (Wildman–Crippen MR) is 122 cm³/mol. The number of benzene rings is 3. The van der Waals surface area contributed by atoms with Crippen LogP contribution < -0.4 is 5.69 Å². The molecule has 0 saturated carbocycles. The Hall–Kier alpha value is -3.48. The first kappa shape index (κ1) is 18.3. The standard InChI is InChI=1S/C25H22N4O2/c30-25-27-26-24-22-14-20-4-2-1-3-19(20)13-21(22)23(16-29(24)25)18-7-5-17(6-8-18)15-28-9-11-31-12-10-28/h1-8,13-14,16H,9-12,15H2,(H,27,30). The van der Waals surface area contributed by atoms with Crippen molar-refractivity contribution >= 4 is 27.2 Å². The minimum Gasteiger partial charge on any atom is -0.379 e. The number of hydrogen-bond donors (Lipinski definition) is 1. The smallest absolute Gasteiger partial charge is 0.347 e. The van der Waals surface area contributed by atoms with E-state index in [9.17, 15) is 4.79 Å². The molecular formula is C25H22N4O2. The molecule has 0 amide bonds. The highest BCUT2D eigenvalue weighted by Gasteiger charge is 2.14. The second kappa shape index (κ2) is 7.34. The first-order valence-corrected chi connectivity index (χ1v) is 10.6. The van der Waals surface area contributed by atoms with Gasteiger partial charge in [0.25, 0.3) is 0 Å². The van der Waals surface area contributed by atoms with Gasteiger partial charge in [0.1, 0.15) is 0 Å². The number of morpholine rings is 1. The molecule has 154 valence electrons. The molecule has 5 aromatic rings. The predicted octanol–water partition coefficient (Wildman–Crippen LogP) is 3.83. The summed E-state index contributed by atoms with van der Waals surface area (Å²) in [6.45, 7) is 4.48. The average molecular weight is 410 g/mol. The molecule has 2 aromatic heterocycles. The molecule has 0 bridgehead atoms. The Balaban J connectivity index is 1.49. The molecule has 3 heterocycles. The minimum atomic E-state index is -0.227. The number of pyridine rings is 1. The van der Waals surface area contributed by atoms with E-state index in [-0.39, 0.29) is 5.69 Å². The summed E-state index contributed by atoms with van der Waals surface area (Å²) in [6, 6.07) is 21.3. The largest absolute Gasteiger partial charge is 0.379 e. The van der Waals surface area contributed by atoms with Gasteiger partial charge in [-0.1, -0.05) is 48.5 Å². The van der Waals surface area contributed by atoms with Gasteiger partial charge in [0.05, 0.1) is 13.2 Å². The number of fused-ring (bicyclic) bond motifs is 4. The Bertz CT molecular complexity index is 1460. The number of aromatic amines is 1.